The molecule has 0 bridgehead atoms. The van der Waals surface area contributed by atoms with E-state index in [9.17, 15) is 4.79 Å². The van der Waals surface area contributed by atoms with E-state index in [1.165, 1.54) is 0 Å². The topological polar surface area (TPSA) is 29.5 Å². The van der Waals surface area contributed by atoms with Crippen molar-refractivity contribution in [2.75, 3.05) is 13.1 Å². The Labute approximate surface area is 73.0 Å². The molecule has 1 aliphatic heterocycles. The molecule has 0 radical (unpaired) electrons. The molecule has 12 heavy (non-hydrogen) atoms. The van der Waals surface area contributed by atoms with E-state index >= 15 is 0 Å². The van der Waals surface area contributed by atoms with Gasteiger partial charge < -0.3 is 9.64 Å². The van der Waals surface area contributed by atoms with Crippen LogP contribution in [0.15, 0.2) is 12.3 Å². The number of rotatable bonds is 3. The standard InChI is InChI=1S/C9H15NO2/c1-3-4-6-10-7-5-8(2)12-9(10)11/h2-7H2,1H3. The molecule has 0 aromatic heterocycles. The smallest absolute Gasteiger partial charge is 0.414 e. The van der Waals surface area contributed by atoms with Gasteiger partial charge in [-0.15, -0.1) is 0 Å². The summed E-state index contributed by atoms with van der Waals surface area (Å²) in [4.78, 5) is 12.9. The average Bonchev–Trinajstić information content (AvgIpc) is 2.03. The van der Waals surface area contributed by atoms with Crippen LogP contribution < -0.4 is 0 Å². The predicted octanol–water partition coefficient (Wildman–Crippen LogP) is 2.14. The summed E-state index contributed by atoms with van der Waals surface area (Å²) >= 11 is 0. The van der Waals surface area contributed by atoms with Crippen molar-refractivity contribution < 1.29 is 9.53 Å². The van der Waals surface area contributed by atoms with Crippen molar-refractivity contribution in [2.45, 2.75) is 26.2 Å². The highest BCUT2D eigenvalue weighted by Crippen LogP contribution is 2.13. The molecular formula is C9H15NO2. The van der Waals surface area contributed by atoms with Crippen LogP contribution >= 0.6 is 0 Å². The van der Waals surface area contributed by atoms with Gasteiger partial charge in [-0.1, -0.05) is 19.9 Å². The van der Waals surface area contributed by atoms with Crippen molar-refractivity contribution >= 4 is 6.09 Å². The number of hydrogen-bond acceptors (Lipinski definition) is 2. The minimum absolute atomic E-state index is 0.236. The highest BCUT2D eigenvalue weighted by atomic mass is 16.6. The summed E-state index contributed by atoms with van der Waals surface area (Å²) in [5.74, 6) is 0.591. The number of carbonyl (C=O) groups is 1. The monoisotopic (exact) mass is 169 g/mol. The van der Waals surface area contributed by atoms with E-state index < -0.39 is 0 Å². The fourth-order valence-corrected chi connectivity index (χ4v) is 1.14. The van der Waals surface area contributed by atoms with Crippen molar-refractivity contribution in [3.05, 3.63) is 12.3 Å². The fourth-order valence-electron chi connectivity index (χ4n) is 1.14. The average molecular weight is 169 g/mol. The minimum Gasteiger partial charge on any atom is -0.415 e. The molecule has 0 unspecified atom stereocenters. The Morgan fingerprint density at radius 2 is 2.42 bits per heavy atom. The van der Waals surface area contributed by atoms with Gasteiger partial charge in [-0.3, -0.25) is 0 Å². The molecule has 0 spiro atoms. The minimum atomic E-state index is -0.236. The normalized spacial score (nSPS) is 17.9. The number of amides is 1. The highest BCUT2D eigenvalue weighted by Gasteiger charge is 2.20. The molecule has 1 rings (SSSR count). The first kappa shape index (κ1) is 9.10. The van der Waals surface area contributed by atoms with Gasteiger partial charge in [0.25, 0.3) is 0 Å². The number of nitrogens with zero attached hydrogens (tertiary/aromatic N) is 1. The van der Waals surface area contributed by atoms with Crippen LogP contribution in [-0.2, 0) is 4.74 Å². The molecule has 3 heteroatoms. The molecule has 0 atom stereocenters. The summed E-state index contributed by atoms with van der Waals surface area (Å²) in [6.45, 7) is 7.28. The summed E-state index contributed by atoms with van der Waals surface area (Å²) in [6.07, 6.45) is 2.68. The zero-order valence-electron chi connectivity index (χ0n) is 7.51. The summed E-state index contributed by atoms with van der Waals surface area (Å²) in [5.41, 5.74) is 0. The molecule has 1 aliphatic rings. The molecular weight excluding hydrogens is 154 g/mol. The van der Waals surface area contributed by atoms with Crippen LogP contribution in [0.1, 0.15) is 26.2 Å². The summed E-state index contributed by atoms with van der Waals surface area (Å²) in [5, 5.41) is 0. The Morgan fingerprint density at radius 1 is 1.67 bits per heavy atom. The molecule has 0 aromatic carbocycles. The maximum absolute atomic E-state index is 11.2. The van der Waals surface area contributed by atoms with Crippen LogP contribution in [-0.4, -0.2) is 24.1 Å². The summed E-state index contributed by atoms with van der Waals surface area (Å²) in [7, 11) is 0. The van der Waals surface area contributed by atoms with Gasteiger partial charge in [0.2, 0.25) is 0 Å². The second-order valence-corrected chi connectivity index (χ2v) is 3.00. The summed E-state index contributed by atoms with van der Waals surface area (Å²) < 4.78 is 4.89. The molecule has 0 aliphatic carbocycles. The van der Waals surface area contributed by atoms with Crippen LogP contribution in [0, 0.1) is 0 Å². The Balaban J connectivity index is 2.35. The first-order chi connectivity index (χ1) is 5.74. The quantitative estimate of drug-likeness (QED) is 0.647. The van der Waals surface area contributed by atoms with Crippen molar-refractivity contribution in [1.82, 2.24) is 4.90 Å². The lowest BCUT2D eigenvalue weighted by Crippen LogP contribution is -2.37. The first-order valence-corrected chi connectivity index (χ1v) is 4.38. The van der Waals surface area contributed by atoms with Gasteiger partial charge in [-0.05, 0) is 6.42 Å². The van der Waals surface area contributed by atoms with E-state index in [0.29, 0.717) is 5.76 Å². The lowest BCUT2D eigenvalue weighted by molar-refractivity contribution is 0.105. The van der Waals surface area contributed by atoms with Crippen LogP contribution in [0.4, 0.5) is 4.79 Å². The third-order valence-electron chi connectivity index (χ3n) is 1.93. The Hall–Kier alpha value is -0.990. The Kier molecular flexibility index (Phi) is 3.14. The molecule has 0 aromatic rings. The predicted molar refractivity (Wildman–Crippen MR) is 46.7 cm³/mol. The first-order valence-electron chi connectivity index (χ1n) is 4.38. The largest absolute Gasteiger partial charge is 0.415 e. The van der Waals surface area contributed by atoms with Gasteiger partial charge in [-0.25, -0.2) is 4.79 Å². The van der Waals surface area contributed by atoms with E-state index in [2.05, 4.69) is 13.5 Å². The Morgan fingerprint density at radius 3 is 3.00 bits per heavy atom. The SMILES string of the molecule is C=C1CCN(CCCC)C(=O)O1. The number of hydrogen-bond donors (Lipinski definition) is 0. The molecule has 3 nitrogen and oxygen atoms in total. The van der Waals surface area contributed by atoms with Gasteiger partial charge in [0.05, 0.1) is 0 Å². The van der Waals surface area contributed by atoms with E-state index in [1.807, 2.05) is 0 Å². The molecule has 0 N–H and O–H groups in total. The van der Waals surface area contributed by atoms with E-state index in [1.54, 1.807) is 4.90 Å². The second kappa shape index (κ2) is 4.14. The lowest BCUT2D eigenvalue weighted by atomic mass is 10.3. The molecule has 1 fully saturated rings. The van der Waals surface area contributed by atoms with Crippen LogP contribution in [0.2, 0.25) is 0 Å². The second-order valence-electron chi connectivity index (χ2n) is 3.00. The van der Waals surface area contributed by atoms with E-state index in [-0.39, 0.29) is 6.09 Å². The number of ether oxygens (including phenoxy) is 1. The van der Waals surface area contributed by atoms with Crippen LogP contribution in [0.25, 0.3) is 0 Å². The van der Waals surface area contributed by atoms with E-state index in [0.717, 1.165) is 32.4 Å². The maximum Gasteiger partial charge on any atom is 0.414 e. The highest BCUT2D eigenvalue weighted by molar-refractivity contribution is 5.69. The lowest BCUT2D eigenvalue weighted by Gasteiger charge is -2.26. The van der Waals surface area contributed by atoms with Crippen molar-refractivity contribution in [2.24, 2.45) is 0 Å². The van der Waals surface area contributed by atoms with Gasteiger partial charge in [-0.2, -0.15) is 0 Å². The van der Waals surface area contributed by atoms with Gasteiger partial charge in [0.1, 0.15) is 5.76 Å². The molecule has 1 saturated heterocycles. The molecule has 1 amide bonds. The van der Waals surface area contributed by atoms with Crippen LogP contribution in [0.3, 0.4) is 0 Å². The van der Waals surface area contributed by atoms with Gasteiger partial charge in [0.15, 0.2) is 0 Å². The molecule has 1 heterocycles. The van der Waals surface area contributed by atoms with Gasteiger partial charge in [0, 0.05) is 19.5 Å². The maximum atomic E-state index is 11.2. The van der Waals surface area contributed by atoms with E-state index in [4.69, 9.17) is 4.74 Å². The summed E-state index contributed by atoms with van der Waals surface area (Å²) in [6, 6.07) is 0. The van der Waals surface area contributed by atoms with Crippen molar-refractivity contribution in [1.29, 1.82) is 0 Å². The molecule has 0 saturated carbocycles. The van der Waals surface area contributed by atoms with Crippen LogP contribution in [0.5, 0.6) is 0 Å². The van der Waals surface area contributed by atoms with Crippen molar-refractivity contribution in [3.8, 4) is 0 Å². The molecule has 68 valence electrons. The third kappa shape index (κ3) is 2.26. The van der Waals surface area contributed by atoms with Crippen molar-refractivity contribution in [3.63, 3.8) is 0 Å². The number of unbranched alkanes of at least 4 members (excludes halogenated alkanes) is 1. The zero-order valence-corrected chi connectivity index (χ0v) is 7.51. The number of cyclic esters (lactones) is 1. The zero-order chi connectivity index (χ0) is 8.97. The fraction of sp³-hybridized carbons (Fsp3) is 0.667. The number of carbonyl (C=O) groups excluding carboxylic acids is 1. The third-order valence-corrected chi connectivity index (χ3v) is 1.93. The Bertz CT molecular complexity index is 189. The van der Waals surface area contributed by atoms with Gasteiger partial charge >= 0.3 is 6.09 Å².